The van der Waals surface area contributed by atoms with E-state index in [9.17, 15) is 51.2 Å². The Labute approximate surface area is 366 Å². The van der Waals surface area contributed by atoms with Crippen LogP contribution in [0.2, 0.25) is 0 Å². The lowest BCUT2D eigenvalue weighted by atomic mass is 10.1. The van der Waals surface area contributed by atoms with E-state index >= 15 is 0 Å². The quantitative estimate of drug-likeness (QED) is 0.139. The van der Waals surface area contributed by atoms with Crippen molar-refractivity contribution in [3.8, 4) is 0 Å². The molecule has 4 fully saturated rings. The van der Waals surface area contributed by atoms with Gasteiger partial charge in [-0.2, -0.15) is 33.7 Å². The zero-order chi connectivity index (χ0) is 47.0. The third-order valence-electron chi connectivity index (χ3n) is 11.2. The average Bonchev–Trinajstić information content (AvgIpc) is 4.06. The maximum absolute atomic E-state index is 12.6. The third-order valence-corrected chi connectivity index (χ3v) is 16.5. The van der Waals surface area contributed by atoms with Crippen LogP contribution in [0.1, 0.15) is 124 Å². The summed E-state index contributed by atoms with van der Waals surface area (Å²) in [7, 11) is -16.3. The Bertz CT molecular complexity index is 2260. The molecule has 4 aromatic rings. The van der Waals surface area contributed by atoms with Gasteiger partial charge < -0.3 is 0 Å². The van der Waals surface area contributed by atoms with E-state index < -0.39 is 108 Å². The molecule has 0 spiro atoms. The van der Waals surface area contributed by atoms with Gasteiger partial charge in [0.25, 0.3) is 40.5 Å². The molecule has 0 radical (unpaired) electrons. The Kier molecular flexibility index (Phi) is 16.9. The highest BCUT2D eigenvalue weighted by Gasteiger charge is 2.42. The zero-order valence-electron chi connectivity index (χ0n) is 33.5. The number of nitrogens with zero attached hydrogens (tertiary/aromatic N) is 8. The van der Waals surface area contributed by atoms with Crippen LogP contribution >= 0.6 is 0 Å². The lowest BCUT2D eigenvalue weighted by molar-refractivity contribution is 0.456. The van der Waals surface area contributed by atoms with E-state index in [1.54, 1.807) is 0 Å². The van der Waals surface area contributed by atoms with Crippen LogP contribution in [0.25, 0.3) is 0 Å². The van der Waals surface area contributed by atoms with E-state index in [-0.39, 0.29) is 23.3 Å². The molecular formula is C36H44F4N8O12S4. The first-order valence-electron chi connectivity index (χ1n) is 19.7. The smallest absolute Gasteiger partial charge is 0.268 e. The van der Waals surface area contributed by atoms with E-state index in [0.717, 1.165) is 49.6 Å². The van der Waals surface area contributed by atoms with E-state index in [4.69, 9.17) is 18.2 Å². The summed E-state index contributed by atoms with van der Waals surface area (Å²) in [6.45, 7) is 0. The summed E-state index contributed by atoms with van der Waals surface area (Å²) in [4.78, 5) is 30.1. The first-order chi connectivity index (χ1) is 29.9. The van der Waals surface area contributed by atoms with Gasteiger partial charge in [0.1, 0.15) is 23.3 Å². The first-order valence-corrected chi connectivity index (χ1v) is 25.7. The molecule has 0 bridgehead atoms. The van der Waals surface area contributed by atoms with Crippen LogP contribution < -0.4 is 0 Å². The third kappa shape index (κ3) is 13.8. The summed E-state index contributed by atoms with van der Waals surface area (Å²) >= 11 is 0. The van der Waals surface area contributed by atoms with Crippen molar-refractivity contribution in [2.24, 2.45) is 0 Å². The van der Waals surface area contributed by atoms with Crippen LogP contribution in [0.4, 0.5) is 17.6 Å². The summed E-state index contributed by atoms with van der Waals surface area (Å²) in [6.07, 6.45) is 14.7. The van der Waals surface area contributed by atoms with Crippen molar-refractivity contribution in [2.45, 2.75) is 122 Å². The topological polar surface area (TPSA) is 321 Å². The average molecular weight is 985 g/mol. The molecule has 4 N–H and O–H groups in total. The predicted molar refractivity (Wildman–Crippen MR) is 216 cm³/mol. The van der Waals surface area contributed by atoms with Crippen molar-refractivity contribution in [1.29, 1.82) is 0 Å². The second kappa shape index (κ2) is 21.3. The molecule has 0 unspecified atom stereocenters. The molecule has 4 aliphatic carbocycles. The fourth-order valence-electron chi connectivity index (χ4n) is 8.37. The molecular weight excluding hydrogens is 941 g/mol. The number of rotatable bonds is 8. The highest BCUT2D eigenvalue weighted by atomic mass is 32.2. The zero-order valence-corrected chi connectivity index (χ0v) is 36.8. The summed E-state index contributed by atoms with van der Waals surface area (Å²) < 4.78 is 176. The van der Waals surface area contributed by atoms with Gasteiger partial charge in [-0.25, -0.2) is 57.4 Å². The van der Waals surface area contributed by atoms with Gasteiger partial charge in [0.15, 0.2) is 23.3 Å². The maximum atomic E-state index is 12.6. The highest BCUT2D eigenvalue weighted by Crippen LogP contribution is 2.39. The van der Waals surface area contributed by atoms with Crippen molar-refractivity contribution in [3.05, 3.63) is 96.1 Å². The Balaban J connectivity index is 0.000000161. The second-order valence-electron chi connectivity index (χ2n) is 15.4. The van der Waals surface area contributed by atoms with Crippen molar-refractivity contribution in [1.82, 2.24) is 39.9 Å². The fourth-order valence-corrected chi connectivity index (χ4v) is 12.9. The predicted octanol–water partition coefficient (Wildman–Crippen LogP) is 4.56. The summed E-state index contributed by atoms with van der Waals surface area (Å²) in [6, 6.07) is 0. The monoisotopic (exact) mass is 984 g/mol. The van der Waals surface area contributed by atoms with Gasteiger partial charge in [0.05, 0.1) is 70.6 Å². The minimum absolute atomic E-state index is 0.279. The minimum atomic E-state index is -4.08. The molecule has 28 heteroatoms. The number of halogens is 4. The molecule has 4 aromatic heterocycles. The van der Waals surface area contributed by atoms with Gasteiger partial charge in [0, 0.05) is 23.7 Å². The highest BCUT2D eigenvalue weighted by molar-refractivity contribution is 7.87. The SMILES string of the molecule is O=S(=O)(O)[C@@H]1CCC[C@@H]1c1ncc(F)cn1.O=S(=O)(O)[C@@H]1CCC[C@H]1c1ncc(F)cn1.O=S(=O)(O)[C@H]1CCC[C@@H]1c1ncc(F)cn1.O=S(=O)(O)[C@H]1CCC[C@H]1c1ncc(F)cn1. The molecule has 352 valence electrons. The molecule has 0 aromatic carbocycles. The van der Waals surface area contributed by atoms with Crippen molar-refractivity contribution in [2.75, 3.05) is 0 Å². The molecule has 64 heavy (non-hydrogen) atoms. The molecule has 8 atom stereocenters. The van der Waals surface area contributed by atoms with Gasteiger partial charge in [-0.05, 0) is 51.4 Å². The van der Waals surface area contributed by atoms with Gasteiger partial charge in [-0.1, -0.05) is 25.7 Å². The molecule has 0 aliphatic heterocycles. The molecule has 4 aliphatic rings. The summed E-state index contributed by atoms with van der Waals surface area (Å²) in [5.41, 5.74) is 0. The summed E-state index contributed by atoms with van der Waals surface area (Å²) in [5, 5.41) is -3.45. The Morgan fingerprint density at radius 3 is 0.625 bits per heavy atom. The van der Waals surface area contributed by atoms with E-state index in [1.165, 1.54) is 0 Å². The van der Waals surface area contributed by atoms with E-state index in [2.05, 4.69) is 39.9 Å². The minimum Gasteiger partial charge on any atom is -0.285 e. The molecule has 4 heterocycles. The van der Waals surface area contributed by atoms with Crippen LogP contribution in [0.5, 0.6) is 0 Å². The number of hydrogen-bond acceptors (Lipinski definition) is 16. The van der Waals surface area contributed by atoms with Gasteiger partial charge in [-0.15, -0.1) is 0 Å². The van der Waals surface area contributed by atoms with Gasteiger partial charge in [-0.3, -0.25) is 18.2 Å². The normalized spacial score (nSPS) is 25.9. The van der Waals surface area contributed by atoms with Crippen LogP contribution in [-0.4, -0.2) is 113 Å². The van der Waals surface area contributed by atoms with E-state index in [0.29, 0.717) is 77.0 Å². The summed E-state index contributed by atoms with van der Waals surface area (Å²) in [5.74, 6) is -2.88. The maximum Gasteiger partial charge on any atom is 0.268 e. The van der Waals surface area contributed by atoms with Crippen LogP contribution in [0, 0.1) is 23.3 Å². The number of hydrogen-bond donors (Lipinski definition) is 4. The molecule has 8 rings (SSSR count). The van der Waals surface area contributed by atoms with Crippen LogP contribution in [-0.2, 0) is 40.5 Å². The van der Waals surface area contributed by atoms with Crippen molar-refractivity contribution < 1.29 is 69.4 Å². The molecule has 0 amide bonds. The van der Waals surface area contributed by atoms with Crippen molar-refractivity contribution >= 4 is 40.5 Å². The second-order valence-corrected chi connectivity index (χ2v) is 21.9. The standard InChI is InChI=1S/4C9H11FN2O3S/c4*10-6-4-11-9(12-5-6)7-2-1-3-8(7)16(13,14)15/h4*4-5,7-8H,1-3H2,(H,13,14,15)/t2*7-,8+;2*7-,8-/m1010/s1. The van der Waals surface area contributed by atoms with Gasteiger partial charge in [0.2, 0.25) is 0 Å². The van der Waals surface area contributed by atoms with Crippen molar-refractivity contribution in [3.63, 3.8) is 0 Å². The van der Waals surface area contributed by atoms with Crippen LogP contribution in [0.3, 0.4) is 0 Å². The Morgan fingerprint density at radius 1 is 0.328 bits per heavy atom. The van der Waals surface area contributed by atoms with Crippen LogP contribution in [0.15, 0.2) is 49.6 Å². The lowest BCUT2D eigenvalue weighted by Crippen LogP contribution is -2.24. The first kappa shape index (κ1) is 50.7. The molecule has 20 nitrogen and oxygen atoms in total. The van der Waals surface area contributed by atoms with E-state index in [1.807, 2.05) is 0 Å². The number of aromatic nitrogens is 8. The Hall–Kier alpha value is -4.32. The largest absolute Gasteiger partial charge is 0.285 e. The lowest BCUT2D eigenvalue weighted by Gasteiger charge is -2.14. The van der Waals surface area contributed by atoms with Gasteiger partial charge >= 0.3 is 0 Å². The molecule has 4 saturated carbocycles. The fraction of sp³-hybridized carbons (Fsp3) is 0.556. The molecule has 0 saturated heterocycles. The Morgan fingerprint density at radius 2 is 0.484 bits per heavy atom.